The molecule has 2 aromatic rings. The second kappa shape index (κ2) is 6.39. The van der Waals surface area contributed by atoms with E-state index in [1.54, 1.807) is 19.2 Å². The lowest BCUT2D eigenvalue weighted by molar-refractivity contribution is -0.384. The fourth-order valence-corrected chi connectivity index (χ4v) is 2.30. The second-order valence-corrected chi connectivity index (χ2v) is 5.37. The Labute approximate surface area is 136 Å². The summed E-state index contributed by atoms with van der Waals surface area (Å²) < 4.78 is 0. The van der Waals surface area contributed by atoms with E-state index in [1.807, 2.05) is 0 Å². The molecule has 21 heavy (non-hydrogen) atoms. The number of non-ortho nitro benzene ring substituents is 1. The fraction of sp³-hybridized carbons (Fsp3) is 0.0769. The molecule has 2 rings (SSSR count). The zero-order chi connectivity index (χ0) is 15.6. The lowest BCUT2D eigenvalue weighted by atomic mass is 10.2. The molecule has 0 atom stereocenters. The minimum Gasteiger partial charge on any atom is -0.388 e. The van der Waals surface area contributed by atoms with Crippen LogP contribution < -0.4 is 10.6 Å². The van der Waals surface area contributed by atoms with Crippen LogP contribution in [0.3, 0.4) is 0 Å². The highest BCUT2D eigenvalue weighted by atomic mass is 35.5. The van der Waals surface area contributed by atoms with Crippen LogP contribution in [-0.2, 0) is 0 Å². The number of hydrogen-bond acceptors (Lipinski definition) is 4. The number of nitrogens with one attached hydrogen (secondary N) is 2. The van der Waals surface area contributed by atoms with Crippen molar-refractivity contribution >= 4 is 57.6 Å². The zero-order valence-electron chi connectivity index (χ0n) is 10.8. The van der Waals surface area contributed by atoms with Crippen molar-refractivity contribution in [3.8, 4) is 0 Å². The van der Waals surface area contributed by atoms with Gasteiger partial charge < -0.3 is 10.6 Å². The Hall–Kier alpha value is -1.69. The Bertz CT molecular complexity index is 707. The number of hydrogen-bond donors (Lipinski definition) is 2. The highest BCUT2D eigenvalue weighted by Gasteiger charge is 2.11. The Balaban J connectivity index is 2.41. The smallest absolute Gasteiger partial charge is 0.273 e. The van der Waals surface area contributed by atoms with Crippen LogP contribution in [0.5, 0.6) is 0 Å². The van der Waals surface area contributed by atoms with Crippen LogP contribution in [-0.4, -0.2) is 12.0 Å². The van der Waals surface area contributed by atoms with Crippen molar-refractivity contribution in [2.75, 3.05) is 17.7 Å². The minimum atomic E-state index is -0.470. The summed E-state index contributed by atoms with van der Waals surface area (Å²) in [5, 5.41) is 17.8. The third-order valence-electron chi connectivity index (χ3n) is 2.71. The van der Waals surface area contributed by atoms with Gasteiger partial charge in [-0.3, -0.25) is 10.1 Å². The van der Waals surface area contributed by atoms with Crippen molar-refractivity contribution in [3.63, 3.8) is 0 Å². The van der Waals surface area contributed by atoms with Crippen molar-refractivity contribution < 1.29 is 4.92 Å². The quantitative estimate of drug-likeness (QED) is 0.445. The van der Waals surface area contributed by atoms with E-state index in [1.165, 1.54) is 18.2 Å². The van der Waals surface area contributed by atoms with Gasteiger partial charge in [-0.25, -0.2) is 0 Å². The third-order valence-corrected chi connectivity index (χ3v) is 3.74. The van der Waals surface area contributed by atoms with E-state index in [4.69, 9.17) is 34.8 Å². The number of halogens is 3. The van der Waals surface area contributed by atoms with Crippen molar-refractivity contribution in [1.29, 1.82) is 0 Å². The van der Waals surface area contributed by atoms with E-state index in [0.717, 1.165) is 0 Å². The molecule has 0 saturated heterocycles. The summed E-state index contributed by atoms with van der Waals surface area (Å²) >= 11 is 17.9. The summed E-state index contributed by atoms with van der Waals surface area (Å²) in [6.45, 7) is 0. The molecule has 0 fully saturated rings. The summed E-state index contributed by atoms with van der Waals surface area (Å²) in [5.74, 6) is 0. The van der Waals surface area contributed by atoms with Gasteiger partial charge in [0, 0.05) is 30.6 Å². The van der Waals surface area contributed by atoms with E-state index >= 15 is 0 Å². The summed E-state index contributed by atoms with van der Waals surface area (Å²) in [6.07, 6.45) is 0. The van der Waals surface area contributed by atoms with Crippen molar-refractivity contribution in [3.05, 3.63) is 55.5 Å². The molecule has 0 aliphatic heterocycles. The number of nitro benzene ring substituents is 1. The first kappa shape index (κ1) is 15.7. The number of nitro groups is 1. The van der Waals surface area contributed by atoms with Crippen molar-refractivity contribution in [1.82, 2.24) is 0 Å². The molecular weight excluding hydrogens is 337 g/mol. The molecule has 110 valence electrons. The van der Waals surface area contributed by atoms with Gasteiger partial charge in [0.05, 0.1) is 25.7 Å². The molecule has 0 amide bonds. The third kappa shape index (κ3) is 3.69. The molecule has 0 saturated carbocycles. The lowest BCUT2D eigenvalue weighted by Gasteiger charge is -2.11. The summed E-state index contributed by atoms with van der Waals surface area (Å²) in [5.41, 5.74) is 1.57. The zero-order valence-corrected chi connectivity index (χ0v) is 13.1. The Morgan fingerprint density at radius 3 is 2.19 bits per heavy atom. The van der Waals surface area contributed by atoms with Crippen LogP contribution >= 0.6 is 34.8 Å². The average molecular weight is 347 g/mol. The molecule has 0 aliphatic rings. The van der Waals surface area contributed by atoms with Gasteiger partial charge in [0.2, 0.25) is 0 Å². The summed E-state index contributed by atoms with van der Waals surface area (Å²) in [4.78, 5) is 10.5. The molecule has 0 radical (unpaired) electrons. The first-order chi connectivity index (χ1) is 9.90. The second-order valence-electron chi connectivity index (χ2n) is 4.15. The van der Waals surface area contributed by atoms with E-state index < -0.39 is 4.92 Å². The first-order valence-corrected chi connectivity index (χ1v) is 6.93. The van der Waals surface area contributed by atoms with Gasteiger partial charge in [0.1, 0.15) is 0 Å². The maximum atomic E-state index is 10.9. The maximum Gasteiger partial charge on any atom is 0.273 e. The molecular formula is C13H10Cl3N3O2. The molecule has 0 heterocycles. The highest BCUT2D eigenvalue weighted by Crippen LogP contribution is 2.35. The predicted octanol–water partition coefficient (Wildman–Crippen LogP) is 5.34. The highest BCUT2D eigenvalue weighted by molar-refractivity contribution is 6.44. The minimum absolute atomic E-state index is 0.0412. The largest absolute Gasteiger partial charge is 0.388 e. The van der Waals surface area contributed by atoms with Gasteiger partial charge in [-0.2, -0.15) is 0 Å². The van der Waals surface area contributed by atoms with Crippen LogP contribution in [0.25, 0.3) is 0 Å². The van der Waals surface area contributed by atoms with Gasteiger partial charge in [0.25, 0.3) is 5.69 Å². The Kier molecular flexibility index (Phi) is 4.77. The van der Waals surface area contributed by atoms with Crippen LogP contribution in [0.4, 0.5) is 22.7 Å². The van der Waals surface area contributed by atoms with E-state index in [2.05, 4.69) is 10.6 Å². The Morgan fingerprint density at radius 1 is 0.952 bits per heavy atom. The average Bonchev–Trinajstić information content (AvgIpc) is 2.44. The molecule has 0 spiro atoms. The predicted molar refractivity (Wildman–Crippen MR) is 87.4 cm³/mol. The number of anilines is 3. The topological polar surface area (TPSA) is 67.2 Å². The van der Waals surface area contributed by atoms with Crippen LogP contribution in [0.15, 0.2) is 30.3 Å². The van der Waals surface area contributed by atoms with Gasteiger partial charge >= 0.3 is 0 Å². The van der Waals surface area contributed by atoms with E-state index in [9.17, 15) is 10.1 Å². The molecule has 0 bridgehead atoms. The van der Waals surface area contributed by atoms with Gasteiger partial charge in [-0.1, -0.05) is 34.8 Å². The molecule has 2 N–H and O–H groups in total. The SMILES string of the molecule is CNc1cc(Nc2cc(Cl)c(Cl)cc2Cl)cc([N+](=O)[O-])c1. The van der Waals surface area contributed by atoms with Crippen molar-refractivity contribution in [2.24, 2.45) is 0 Å². The molecule has 2 aromatic carbocycles. The molecule has 0 unspecified atom stereocenters. The van der Waals surface area contributed by atoms with Crippen LogP contribution in [0.2, 0.25) is 15.1 Å². The van der Waals surface area contributed by atoms with Gasteiger partial charge in [-0.05, 0) is 18.2 Å². The molecule has 0 aromatic heterocycles. The molecule has 8 heteroatoms. The standard InChI is InChI=1S/C13H10Cl3N3O2/c1-17-7-2-8(4-9(3-7)19(20)21)18-13-6-11(15)10(14)5-12(13)16/h2-6,17-18H,1H3. The van der Waals surface area contributed by atoms with Crippen molar-refractivity contribution in [2.45, 2.75) is 0 Å². The number of rotatable bonds is 4. The van der Waals surface area contributed by atoms with Crippen LogP contribution in [0, 0.1) is 10.1 Å². The molecule has 0 aliphatic carbocycles. The van der Waals surface area contributed by atoms with E-state index in [0.29, 0.717) is 32.1 Å². The number of nitrogens with zero attached hydrogens (tertiary/aromatic N) is 1. The fourth-order valence-electron chi connectivity index (χ4n) is 1.71. The Morgan fingerprint density at radius 2 is 1.57 bits per heavy atom. The maximum absolute atomic E-state index is 10.9. The van der Waals surface area contributed by atoms with Crippen LogP contribution in [0.1, 0.15) is 0 Å². The lowest BCUT2D eigenvalue weighted by Crippen LogP contribution is -1.97. The first-order valence-electron chi connectivity index (χ1n) is 5.79. The van der Waals surface area contributed by atoms with Gasteiger partial charge in [0.15, 0.2) is 0 Å². The number of benzene rings is 2. The summed E-state index contributed by atoms with van der Waals surface area (Å²) in [6, 6.07) is 7.61. The normalized spacial score (nSPS) is 10.3. The molecule has 5 nitrogen and oxygen atoms in total. The van der Waals surface area contributed by atoms with E-state index in [-0.39, 0.29) is 5.69 Å². The summed E-state index contributed by atoms with van der Waals surface area (Å²) in [7, 11) is 1.68. The van der Waals surface area contributed by atoms with Gasteiger partial charge in [-0.15, -0.1) is 0 Å². The monoisotopic (exact) mass is 345 g/mol.